The average molecular weight is 210 g/mol. The monoisotopic (exact) mass is 210 g/mol. The van der Waals surface area contributed by atoms with Gasteiger partial charge in [-0.25, -0.2) is 4.98 Å². The molecule has 1 aromatic heterocycles. The fraction of sp³-hybridized carbons (Fsp3) is 0.727. The van der Waals surface area contributed by atoms with Gasteiger partial charge >= 0.3 is 0 Å². The largest absolute Gasteiger partial charge is 0.376 e. The first-order valence-corrected chi connectivity index (χ1v) is 5.47. The Bertz CT molecular complexity index is 303. The van der Waals surface area contributed by atoms with Crippen LogP contribution in [0.4, 0.5) is 0 Å². The normalized spacial score (nSPS) is 22.2. The topological polar surface area (TPSA) is 36.3 Å². The second-order valence-electron chi connectivity index (χ2n) is 4.16. The second kappa shape index (κ2) is 4.77. The van der Waals surface area contributed by atoms with E-state index in [0.29, 0.717) is 19.1 Å². The molecular formula is C11H18N2O2. The van der Waals surface area contributed by atoms with Crippen molar-refractivity contribution in [3.63, 3.8) is 0 Å². The minimum absolute atomic E-state index is 0.172. The third-order valence-electron chi connectivity index (χ3n) is 2.55. The van der Waals surface area contributed by atoms with E-state index in [9.17, 15) is 0 Å². The third kappa shape index (κ3) is 2.58. The van der Waals surface area contributed by atoms with Crippen molar-refractivity contribution in [3.8, 4) is 0 Å². The molecule has 0 aliphatic carbocycles. The van der Waals surface area contributed by atoms with Crippen molar-refractivity contribution in [2.75, 3.05) is 19.8 Å². The predicted molar refractivity (Wildman–Crippen MR) is 56.9 cm³/mol. The Morgan fingerprint density at radius 2 is 2.40 bits per heavy atom. The lowest BCUT2D eigenvalue weighted by atomic mass is 10.2. The molecule has 2 rings (SSSR count). The highest BCUT2D eigenvalue weighted by atomic mass is 16.6. The van der Waals surface area contributed by atoms with E-state index in [1.54, 1.807) is 0 Å². The van der Waals surface area contributed by atoms with Crippen LogP contribution in [0.3, 0.4) is 0 Å². The van der Waals surface area contributed by atoms with Gasteiger partial charge in [0.2, 0.25) is 0 Å². The van der Waals surface area contributed by atoms with Crippen molar-refractivity contribution in [1.29, 1.82) is 0 Å². The molecule has 0 N–H and O–H groups in total. The second-order valence-corrected chi connectivity index (χ2v) is 4.16. The van der Waals surface area contributed by atoms with Gasteiger partial charge in [0.15, 0.2) is 0 Å². The maximum absolute atomic E-state index is 5.61. The van der Waals surface area contributed by atoms with Gasteiger partial charge in [-0.1, -0.05) is 13.8 Å². The number of rotatable bonds is 3. The van der Waals surface area contributed by atoms with Crippen LogP contribution in [0.2, 0.25) is 0 Å². The molecule has 1 aliphatic heterocycles. The summed E-state index contributed by atoms with van der Waals surface area (Å²) in [6.07, 6.45) is 4.03. The minimum atomic E-state index is 0.172. The van der Waals surface area contributed by atoms with Crippen LogP contribution in [0, 0.1) is 0 Å². The molecule has 1 saturated heterocycles. The Morgan fingerprint density at radius 1 is 1.53 bits per heavy atom. The number of imidazole rings is 1. The molecule has 0 radical (unpaired) electrons. The van der Waals surface area contributed by atoms with Gasteiger partial charge in [0.05, 0.1) is 32.5 Å². The molecule has 15 heavy (non-hydrogen) atoms. The van der Waals surface area contributed by atoms with Crippen LogP contribution >= 0.6 is 0 Å². The van der Waals surface area contributed by atoms with E-state index in [-0.39, 0.29) is 6.10 Å². The summed E-state index contributed by atoms with van der Waals surface area (Å²) in [5.41, 5.74) is 0. The molecule has 0 amide bonds. The van der Waals surface area contributed by atoms with Crippen LogP contribution in [0.15, 0.2) is 12.4 Å². The van der Waals surface area contributed by atoms with Gasteiger partial charge in [-0.15, -0.1) is 0 Å². The van der Waals surface area contributed by atoms with Crippen molar-refractivity contribution in [3.05, 3.63) is 18.2 Å². The van der Waals surface area contributed by atoms with Crippen molar-refractivity contribution < 1.29 is 9.47 Å². The zero-order valence-corrected chi connectivity index (χ0v) is 9.35. The van der Waals surface area contributed by atoms with Crippen molar-refractivity contribution in [1.82, 2.24) is 9.55 Å². The highest BCUT2D eigenvalue weighted by Crippen LogP contribution is 2.13. The van der Waals surface area contributed by atoms with Gasteiger partial charge in [-0.3, -0.25) is 0 Å². The molecule has 4 heteroatoms. The van der Waals surface area contributed by atoms with E-state index >= 15 is 0 Å². The molecule has 0 saturated carbocycles. The van der Waals surface area contributed by atoms with Crippen LogP contribution in [0.25, 0.3) is 0 Å². The van der Waals surface area contributed by atoms with E-state index in [1.807, 2.05) is 12.4 Å². The first-order chi connectivity index (χ1) is 7.27. The number of ether oxygens (including phenoxy) is 2. The van der Waals surface area contributed by atoms with E-state index in [0.717, 1.165) is 19.0 Å². The van der Waals surface area contributed by atoms with Crippen LogP contribution in [-0.4, -0.2) is 35.5 Å². The fourth-order valence-electron chi connectivity index (χ4n) is 1.84. The lowest BCUT2D eigenvalue weighted by Gasteiger charge is -2.24. The summed E-state index contributed by atoms with van der Waals surface area (Å²) in [4.78, 5) is 4.35. The number of hydrogen-bond acceptors (Lipinski definition) is 3. The third-order valence-corrected chi connectivity index (χ3v) is 2.55. The molecule has 1 aliphatic rings. The fourth-order valence-corrected chi connectivity index (χ4v) is 1.84. The zero-order valence-electron chi connectivity index (χ0n) is 9.35. The summed E-state index contributed by atoms with van der Waals surface area (Å²) in [5.74, 6) is 1.56. The lowest BCUT2D eigenvalue weighted by molar-refractivity contribution is -0.0938. The van der Waals surface area contributed by atoms with Crippen molar-refractivity contribution in [2.45, 2.75) is 32.4 Å². The Morgan fingerprint density at radius 3 is 3.07 bits per heavy atom. The van der Waals surface area contributed by atoms with Crippen LogP contribution in [0.1, 0.15) is 25.6 Å². The quantitative estimate of drug-likeness (QED) is 0.757. The van der Waals surface area contributed by atoms with Crippen LogP contribution < -0.4 is 0 Å². The molecule has 1 fully saturated rings. The molecule has 0 spiro atoms. The number of nitrogens with zero attached hydrogens (tertiary/aromatic N) is 2. The number of aromatic nitrogens is 2. The molecule has 4 nitrogen and oxygen atoms in total. The molecule has 2 heterocycles. The van der Waals surface area contributed by atoms with Crippen LogP contribution in [0.5, 0.6) is 0 Å². The smallest absolute Gasteiger partial charge is 0.111 e. The summed E-state index contributed by atoms with van der Waals surface area (Å²) >= 11 is 0. The van der Waals surface area contributed by atoms with Gasteiger partial charge in [0.25, 0.3) is 0 Å². The molecule has 0 unspecified atom stereocenters. The van der Waals surface area contributed by atoms with E-state index in [1.165, 1.54) is 0 Å². The lowest BCUT2D eigenvalue weighted by Crippen LogP contribution is -2.32. The van der Waals surface area contributed by atoms with E-state index in [2.05, 4.69) is 23.4 Å². The summed E-state index contributed by atoms with van der Waals surface area (Å²) in [7, 11) is 0. The Hall–Kier alpha value is -0.870. The molecule has 0 bridgehead atoms. The molecular weight excluding hydrogens is 192 g/mol. The minimum Gasteiger partial charge on any atom is -0.376 e. The highest BCUT2D eigenvalue weighted by Gasteiger charge is 2.17. The van der Waals surface area contributed by atoms with Gasteiger partial charge < -0.3 is 14.0 Å². The Labute approximate surface area is 90.2 Å². The highest BCUT2D eigenvalue weighted by molar-refractivity contribution is 4.98. The molecule has 0 aromatic carbocycles. The number of hydrogen-bond donors (Lipinski definition) is 0. The van der Waals surface area contributed by atoms with Crippen LogP contribution in [-0.2, 0) is 16.0 Å². The summed E-state index contributed by atoms with van der Waals surface area (Å²) < 4.78 is 13.1. The summed E-state index contributed by atoms with van der Waals surface area (Å²) in [6, 6.07) is 0. The Balaban J connectivity index is 1.99. The maximum atomic E-state index is 5.61. The summed E-state index contributed by atoms with van der Waals surface area (Å²) in [6.45, 7) is 7.26. The van der Waals surface area contributed by atoms with Gasteiger partial charge in [-0.2, -0.15) is 0 Å². The molecule has 1 atom stereocenters. The first-order valence-electron chi connectivity index (χ1n) is 5.47. The Kier molecular flexibility index (Phi) is 3.38. The maximum Gasteiger partial charge on any atom is 0.111 e. The van der Waals surface area contributed by atoms with Crippen molar-refractivity contribution >= 4 is 0 Å². The van der Waals surface area contributed by atoms with E-state index in [4.69, 9.17) is 9.47 Å². The molecule has 84 valence electrons. The standard InChI is InChI=1S/C11H18N2O2/c1-9(2)11-12-3-4-13(11)7-10-8-14-5-6-15-10/h3-4,9-10H,5-8H2,1-2H3/t10-/m1/s1. The predicted octanol–water partition coefficient (Wildman–Crippen LogP) is 1.42. The van der Waals surface area contributed by atoms with Crippen molar-refractivity contribution in [2.24, 2.45) is 0 Å². The SMILES string of the molecule is CC(C)c1nccn1C[C@@H]1COCCO1. The summed E-state index contributed by atoms with van der Waals surface area (Å²) in [5, 5.41) is 0. The molecule has 1 aromatic rings. The van der Waals surface area contributed by atoms with Gasteiger partial charge in [0, 0.05) is 18.3 Å². The van der Waals surface area contributed by atoms with Gasteiger partial charge in [0.1, 0.15) is 5.82 Å². The first kappa shape index (κ1) is 10.6. The van der Waals surface area contributed by atoms with Gasteiger partial charge in [-0.05, 0) is 0 Å². The van der Waals surface area contributed by atoms with E-state index < -0.39 is 0 Å². The zero-order chi connectivity index (χ0) is 10.7. The average Bonchev–Trinajstić information content (AvgIpc) is 2.67.